The number of alkyl halides is 5. The highest BCUT2D eigenvalue weighted by Gasteiger charge is 2.62. The van der Waals surface area contributed by atoms with E-state index < -0.39 is 35.2 Å². The molecule has 0 unspecified atom stereocenters. The zero-order valence-electron chi connectivity index (χ0n) is 8.17. The molecule has 0 bridgehead atoms. The summed E-state index contributed by atoms with van der Waals surface area (Å²) >= 11 is 0. The van der Waals surface area contributed by atoms with Gasteiger partial charge in [0.05, 0.1) is 0 Å². The maximum Gasteiger partial charge on any atom is 0.455 e. The van der Waals surface area contributed by atoms with Crippen molar-refractivity contribution in [1.29, 1.82) is 0 Å². The molecule has 1 aromatic carbocycles. The molecule has 8 heteroatoms. The van der Waals surface area contributed by atoms with Crippen molar-refractivity contribution in [3.8, 4) is 11.5 Å². The summed E-state index contributed by atoms with van der Waals surface area (Å²) in [6, 6.07) is -0.0949. The zero-order valence-corrected chi connectivity index (χ0v) is 8.17. The lowest BCUT2D eigenvalue weighted by Crippen LogP contribution is -2.45. The van der Waals surface area contributed by atoms with Gasteiger partial charge in [0, 0.05) is 5.56 Å². The van der Waals surface area contributed by atoms with E-state index in [0.717, 1.165) is 18.2 Å². The van der Waals surface area contributed by atoms with Crippen LogP contribution in [0.15, 0.2) is 18.2 Å². The van der Waals surface area contributed by atoms with E-state index in [2.05, 4.69) is 0 Å². The highest BCUT2D eigenvalue weighted by Crippen LogP contribution is 2.46. The highest BCUT2D eigenvalue weighted by atomic mass is 19.4. The van der Waals surface area contributed by atoms with E-state index in [9.17, 15) is 22.0 Å². The third kappa shape index (κ3) is 2.26. The molecule has 0 saturated heterocycles. The monoisotopic (exact) mass is 257 g/mol. The van der Waals surface area contributed by atoms with Crippen molar-refractivity contribution >= 4 is 0 Å². The number of para-hydroxylation sites is 1. The first-order valence-corrected chi connectivity index (χ1v) is 4.30. The first-order valence-electron chi connectivity index (χ1n) is 4.30. The van der Waals surface area contributed by atoms with E-state index in [1.807, 2.05) is 0 Å². The lowest BCUT2D eigenvalue weighted by atomic mass is 9.99. The van der Waals surface area contributed by atoms with Crippen LogP contribution in [0.2, 0.25) is 0 Å². The number of benzene rings is 1. The molecule has 0 heterocycles. The Bertz CT molecular complexity index is 418. The molecule has 96 valence electrons. The van der Waals surface area contributed by atoms with Gasteiger partial charge in [-0.3, -0.25) is 0 Å². The molecule has 0 aliphatic heterocycles. The molecule has 4 N–H and O–H groups in total. The summed E-state index contributed by atoms with van der Waals surface area (Å²) < 4.78 is 61.8. The van der Waals surface area contributed by atoms with Crippen LogP contribution in [0, 0.1) is 0 Å². The number of halogens is 5. The van der Waals surface area contributed by atoms with Gasteiger partial charge in [-0.1, -0.05) is 12.1 Å². The first-order chi connectivity index (χ1) is 7.59. The van der Waals surface area contributed by atoms with E-state index in [1.165, 1.54) is 0 Å². The van der Waals surface area contributed by atoms with Gasteiger partial charge in [-0.2, -0.15) is 22.0 Å². The van der Waals surface area contributed by atoms with Gasteiger partial charge >= 0.3 is 12.1 Å². The SMILES string of the molecule is N[C@@H](c1cccc(O)c1O)C(F)(F)C(F)(F)F. The van der Waals surface area contributed by atoms with Gasteiger partial charge in [0.2, 0.25) is 0 Å². The van der Waals surface area contributed by atoms with Crippen molar-refractivity contribution in [2.75, 3.05) is 0 Å². The second-order valence-electron chi connectivity index (χ2n) is 3.31. The predicted octanol–water partition coefficient (Wildman–Crippen LogP) is 2.30. The Morgan fingerprint density at radius 1 is 1.06 bits per heavy atom. The fourth-order valence-electron chi connectivity index (χ4n) is 1.17. The number of aromatic hydroxyl groups is 2. The van der Waals surface area contributed by atoms with Crippen LogP contribution >= 0.6 is 0 Å². The maximum atomic E-state index is 12.9. The Kier molecular flexibility index (Phi) is 3.19. The summed E-state index contributed by atoms with van der Waals surface area (Å²) in [6.07, 6.45) is -5.84. The van der Waals surface area contributed by atoms with Crippen LogP contribution in [0.5, 0.6) is 11.5 Å². The van der Waals surface area contributed by atoms with E-state index in [0.29, 0.717) is 0 Å². The molecule has 0 saturated carbocycles. The number of nitrogens with two attached hydrogens (primary N) is 1. The van der Waals surface area contributed by atoms with Gasteiger partial charge in [-0.25, -0.2) is 0 Å². The molecule has 0 aromatic heterocycles. The largest absolute Gasteiger partial charge is 0.504 e. The molecule has 1 rings (SSSR count). The van der Waals surface area contributed by atoms with E-state index in [-0.39, 0.29) is 0 Å². The molecule has 0 radical (unpaired) electrons. The molecular weight excluding hydrogens is 249 g/mol. The average Bonchev–Trinajstić information content (AvgIpc) is 2.19. The van der Waals surface area contributed by atoms with E-state index in [1.54, 1.807) is 0 Å². The third-order valence-electron chi connectivity index (χ3n) is 2.15. The van der Waals surface area contributed by atoms with Gasteiger partial charge in [0.15, 0.2) is 11.5 Å². The van der Waals surface area contributed by atoms with Gasteiger partial charge in [-0.15, -0.1) is 0 Å². The number of phenols is 2. The fourth-order valence-corrected chi connectivity index (χ4v) is 1.17. The van der Waals surface area contributed by atoms with Crippen molar-refractivity contribution in [2.24, 2.45) is 5.73 Å². The summed E-state index contributed by atoms with van der Waals surface area (Å²) in [5.74, 6) is -7.13. The lowest BCUT2D eigenvalue weighted by Gasteiger charge is -2.26. The van der Waals surface area contributed by atoms with Crippen LogP contribution in [-0.4, -0.2) is 22.3 Å². The summed E-state index contributed by atoms with van der Waals surface area (Å²) in [4.78, 5) is 0. The first kappa shape index (κ1) is 13.5. The van der Waals surface area contributed by atoms with Crippen molar-refractivity contribution in [3.63, 3.8) is 0 Å². The fraction of sp³-hybridized carbons (Fsp3) is 0.333. The Morgan fingerprint density at radius 2 is 1.59 bits per heavy atom. The summed E-state index contributed by atoms with van der Waals surface area (Å²) in [5, 5.41) is 18.2. The summed E-state index contributed by atoms with van der Waals surface area (Å²) in [7, 11) is 0. The van der Waals surface area contributed by atoms with Crippen LogP contribution in [-0.2, 0) is 0 Å². The molecule has 1 aromatic rings. The second kappa shape index (κ2) is 4.02. The molecule has 0 amide bonds. The van der Waals surface area contributed by atoms with Gasteiger partial charge in [0.1, 0.15) is 6.04 Å². The van der Waals surface area contributed by atoms with Crippen LogP contribution < -0.4 is 5.73 Å². The Morgan fingerprint density at radius 3 is 2.06 bits per heavy atom. The third-order valence-corrected chi connectivity index (χ3v) is 2.15. The summed E-state index contributed by atoms with van der Waals surface area (Å²) in [6.45, 7) is 0. The Labute approximate surface area is 92.3 Å². The van der Waals surface area contributed by atoms with Crippen molar-refractivity contribution < 1.29 is 32.2 Å². The van der Waals surface area contributed by atoms with E-state index >= 15 is 0 Å². The minimum absolute atomic E-state index is 0.777. The minimum atomic E-state index is -5.84. The lowest BCUT2D eigenvalue weighted by molar-refractivity contribution is -0.291. The second-order valence-corrected chi connectivity index (χ2v) is 3.31. The van der Waals surface area contributed by atoms with E-state index in [4.69, 9.17) is 15.9 Å². The highest BCUT2D eigenvalue weighted by molar-refractivity contribution is 5.46. The Hall–Kier alpha value is -1.57. The van der Waals surface area contributed by atoms with Crippen LogP contribution in [0.25, 0.3) is 0 Å². The topological polar surface area (TPSA) is 66.5 Å². The number of rotatable bonds is 2. The zero-order chi connectivity index (χ0) is 13.4. The normalized spacial score (nSPS) is 14.7. The average molecular weight is 257 g/mol. The standard InChI is InChI=1S/C9H8F5NO2/c10-8(11,9(12,13)14)7(15)4-2-1-3-5(16)6(4)17/h1-3,7,16-17H,15H2/t7-/m0/s1. The molecule has 0 fully saturated rings. The van der Waals surface area contributed by atoms with Crippen molar-refractivity contribution in [2.45, 2.75) is 18.1 Å². The molecular formula is C9H8F5NO2. The van der Waals surface area contributed by atoms with Crippen LogP contribution in [0.1, 0.15) is 11.6 Å². The van der Waals surface area contributed by atoms with Crippen LogP contribution in [0.4, 0.5) is 22.0 Å². The molecule has 17 heavy (non-hydrogen) atoms. The number of hydrogen-bond acceptors (Lipinski definition) is 3. The molecule has 0 aliphatic rings. The number of hydrogen-bond donors (Lipinski definition) is 3. The van der Waals surface area contributed by atoms with Gasteiger partial charge < -0.3 is 15.9 Å². The molecule has 0 spiro atoms. The predicted molar refractivity (Wildman–Crippen MR) is 47.7 cm³/mol. The van der Waals surface area contributed by atoms with Gasteiger partial charge in [-0.05, 0) is 6.07 Å². The summed E-state index contributed by atoms with van der Waals surface area (Å²) in [5.41, 5.74) is 3.91. The number of phenolic OH excluding ortho intramolecular Hbond substituents is 2. The maximum absolute atomic E-state index is 12.9. The minimum Gasteiger partial charge on any atom is -0.504 e. The quantitative estimate of drug-likeness (QED) is 0.562. The molecule has 0 aliphatic carbocycles. The van der Waals surface area contributed by atoms with Crippen molar-refractivity contribution in [3.05, 3.63) is 23.8 Å². The Balaban J connectivity index is 3.22. The van der Waals surface area contributed by atoms with Gasteiger partial charge in [0.25, 0.3) is 0 Å². The molecule has 1 atom stereocenters. The molecule has 3 nitrogen and oxygen atoms in total. The smallest absolute Gasteiger partial charge is 0.455 e. The van der Waals surface area contributed by atoms with Crippen molar-refractivity contribution in [1.82, 2.24) is 0 Å². The van der Waals surface area contributed by atoms with Crippen LogP contribution in [0.3, 0.4) is 0 Å².